The maximum Gasteiger partial charge on any atom is 0.417 e. The Balaban J connectivity index is 2.12. The van der Waals surface area contributed by atoms with Crippen molar-refractivity contribution in [3.05, 3.63) is 65.7 Å². The zero-order chi connectivity index (χ0) is 29.3. The first-order valence-corrected chi connectivity index (χ1v) is 16.5. The zero-order valence-corrected chi connectivity index (χ0v) is 26.2. The Morgan fingerprint density at radius 3 is 2.08 bits per heavy atom. The van der Waals surface area contributed by atoms with Crippen LogP contribution in [0.2, 0.25) is 18.1 Å². The van der Waals surface area contributed by atoms with Gasteiger partial charge in [0.05, 0.1) is 26.4 Å². The molecule has 0 aliphatic rings. The van der Waals surface area contributed by atoms with Gasteiger partial charge in [-0.2, -0.15) is 0 Å². The SMILES string of the molecule is COc1ccc(COC[C@H](CCCN(C(=O)OC(C)(C)C)C(=O)c2ccccc2)O[Si](C)(C)C(C)(C)C)cc1. The molecule has 0 aliphatic heterocycles. The van der Waals surface area contributed by atoms with E-state index in [9.17, 15) is 9.59 Å². The van der Waals surface area contributed by atoms with Crippen molar-refractivity contribution < 1.29 is 28.2 Å². The van der Waals surface area contributed by atoms with Crippen LogP contribution in [-0.2, 0) is 20.5 Å². The van der Waals surface area contributed by atoms with Crippen molar-refractivity contribution in [3.63, 3.8) is 0 Å². The van der Waals surface area contributed by atoms with E-state index in [1.165, 1.54) is 4.90 Å². The predicted molar refractivity (Wildman–Crippen MR) is 158 cm³/mol. The Morgan fingerprint density at radius 1 is 0.923 bits per heavy atom. The lowest BCUT2D eigenvalue weighted by Crippen LogP contribution is -2.45. The summed E-state index contributed by atoms with van der Waals surface area (Å²) in [5, 5.41) is 0.0348. The van der Waals surface area contributed by atoms with E-state index in [0.717, 1.165) is 11.3 Å². The van der Waals surface area contributed by atoms with Crippen LogP contribution >= 0.6 is 0 Å². The van der Waals surface area contributed by atoms with Crippen LogP contribution in [0.25, 0.3) is 0 Å². The number of nitrogens with zero attached hydrogens (tertiary/aromatic N) is 1. The summed E-state index contributed by atoms with van der Waals surface area (Å²) in [5.74, 6) is 0.431. The first kappa shape index (κ1) is 32.5. The second kappa shape index (κ2) is 14.1. The average molecular weight is 558 g/mol. The number of carbonyl (C=O) groups excluding carboxylic acids is 2. The minimum atomic E-state index is -2.08. The van der Waals surface area contributed by atoms with E-state index >= 15 is 0 Å². The molecule has 0 spiro atoms. The van der Waals surface area contributed by atoms with E-state index in [0.29, 0.717) is 31.6 Å². The van der Waals surface area contributed by atoms with Gasteiger partial charge in [-0.25, -0.2) is 9.69 Å². The summed E-state index contributed by atoms with van der Waals surface area (Å²) in [6.45, 7) is 17.5. The van der Waals surface area contributed by atoms with Gasteiger partial charge in [-0.05, 0) is 81.6 Å². The van der Waals surface area contributed by atoms with Gasteiger partial charge in [0.25, 0.3) is 5.91 Å². The van der Waals surface area contributed by atoms with Crippen molar-refractivity contribution in [1.29, 1.82) is 0 Å². The lowest BCUT2D eigenvalue weighted by Gasteiger charge is -2.39. The first-order valence-electron chi connectivity index (χ1n) is 13.6. The van der Waals surface area contributed by atoms with Crippen LogP contribution in [0, 0.1) is 0 Å². The third-order valence-electron chi connectivity index (χ3n) is 6.79. The van der Waals surface area contributed by atoms with Crippen LogP contribution in [0.4, 0.5) is 4.79 Å². The topological polar surface area (TPSA) is 74.3 Å². The minimum Gasteiger partial charge on any atom is -0.497 e. The van der Waals surface area contributed by atoms with Crippen LogP contribution in [0.5, 0.6) is 5.75 Å². The van der Waals surface area contributed by atoms with Crippen molar-refractivity contribution in [3.8, 4) is 5.75 Å². The monoisotopic (exact) mass is 557 g/mol. The number of methoxy groups -OCH3 is 1. The summed E-state index contributed by atoms with van der Waals surface area (Å²) in [6, 6.07) is 16.6. The summed E-state index contributed by atoms with van der Waals surface area (Å²) in [7, 11) is -0.439. The highest BCUT2D eigenvalue weighted by Crippen LogP contribution is 2.37. The highest BCUT2D eigenvalue weighted by Gasteiger charge is 2.39. The Kier molecular flexibility index (Phi) is 11.8. The fourth-order valence-electron chi connectivity index (χ4n) is 3.61. The summed E-state index contributed by atoms with van der Waals surface area (Å²) in [4.78, 5) is 27.5. The standard InChI is InChI=1S/C31H47NO6Si/c1-30(2,3)37-29(34)32(28(33)25-14-11-10-12-15-25)21-13-16-27(38-39(8,9)31(4,5)6)23-36-22-24-17-19-26(35-7)20-18-24/h10-12,14-15,17-20,27H,13,16,21-23H2,1-9H3/t27-/m0/s1. The summed E-state index contributed by atoms with van der Waals surface area (Å²) >= 11 is 0. The molecule has 0 saturated carbocycles. The van der Waals surface area contributed by atoms with E-state index in [2.05, 4.69) is 33.9 Å². The molecule has 0 heterocycles. The average Bonchev–Trinajstić information content (AvgIpc) is 2.85. The molecule has 2 rings (SSSR count). The van der Waals surface area contributed by atoms with Gasteiger partial charge in [-0.3, -0.25) is 4.79 Å². The van der Waals surface area contributed by atoms with Crippen LogP contribution < -0.4 is 4.74 Å². The Morgan fingerprint density at radius 2 is 1.54 bits per heavy atom. The molecule has 0 saturated heterocycles. The van der Waals surface area contributed by atoms with Crippen molar-refractivity contribution in [2.45, 2.75) is 90.8 Å². The van der Waals surface area contributed by atoms with Crippen LogP contribution in [0.1, 0.15) is 70.3 Å². The van der Waals surface area contributed by atoms with Crippen molar-refractivity contribution >= 4 is 20.3 Å². The molecule has 0 N–H and O–H groups in total. The van der Waals surface area contributed by atoms with Crippen molar-refractivity contribution in [2.75, 3.05) is 20.3 Å². The van der Waals surface area contributed by atoms with Gasteiger partial charge in [0, 0.05) is 12.1 Å². The van der Waals surface area contributed by atoms with Gasteiger partial charge in [0.1, 0.15) is 11.4 Å². The molecule has 0 fully saturated rings. The molecule has 0 radical (unpaired) electrons. The summed E-state index contributed by atoms with van der Waals surface area (Å²) in [5.41, 5.74) is 0.780. The lowest BCUT2D eigenvalue weighted by atomic mass is 10.1. The van der Waals surface area contributed by atoms with Gasteiger partial charge >= 0.3 is 6.09 Å². The Hall–Kier alpha value is -2.68. The molecule has 0 aliphatic carbocycles. The molecular formula is C31H47NO6Si. The second-order valence-electron chi connectivity index (χ2n) is 12.3. The molecule has 1 atom stereocenters. The number of ether oxygens (including phenoxy) is 3. The molecular weight excluding hydrogens is 510 g/mol. The van der Waals surface area contributed by atoms with Crippen molar-refractivity contribution in [2.24, 2.45) is 0 Å². The number of imide groups is 1. The summed E-state index contributed by atoms with van der Waals surface area (Å²) < 4.78 is 23.6. The Labute approximate surface area is 235 Å². The molecule has 216 valence electrons. The molecule has 2 amide bonds. The summed E-state index contributed by atoms with van der Waals surface area (Å²) in [6.07, 6.45) is 0.380. The molecule has 8 heteroatoms. The Bertz CT molecular complexity index is 1040. The van der Waals surface area contributed by atoms with Crippen LogP contribution in [0.3, 0.4) is 0 Å². The maximum absolute atomic E-state index is 13.2. The number of hydrogen-bond acceptors (Lipinski definition) is 6. The zero-order valence-electron chi connectivity index (χ0n) is 25.2. The van der Waals surface area contributed by atoms with E-state index in [-0.39, 0.29) is 23.6 Å². The quantitative estimate of drug-likeness (QED) is 0.252. The fraction of sp³-hybridized carbons (Fsp3) is 0.548. The predicted octanol–water partition coefficient (Wildman–Crippen LogP) is 7.46. The normalized spacial score (nSPS) is 13.1. The van der Waals surface area contributed by atoms with E-state index in [1.54, 1.807) is 52.1 Å². The van der Waals surface area contributed by atoms with Gasteiger partial charge in [-0.15, -0.1) is 0 Å². The molecule has 0 unspecified atom stereocenters. The number of hydrogen-bond donors (Lipinski definition) is 0. The minimum absolute atomic E-state index is 0.0348. The highest BCUT2D eigenvalue weighted by molar-refractivity contribution is 6.74. The maximum atomic E-state index is 13.2. The highest BCUT2D eigenvalue weighted by atomic mass is 28.4. The number of benzene rings is 2. The van der Waals surface area contributed by atoms with Crippen molar-refractivity contribution in [1.82, 2.24) is 4.90 Å². The first-order chi connectivity index (χ1) is 18.1. The molecule has 39 heavy (non-hydrogen) atoms. The van der Waals surface area contributed by atoms with Gasteiger partial charge in [-0.1, -0.05) is 51.1 Å². The molecule has 2 aromatic carbocycles. The smallest absolute Gasteiger partial charge is 0.417 e. The number of rotatable bonds is 12. The molecule has 7 nitrogen and oxygen atoms in total. The lowest BCUT2D eigenvalue weighted by molar-refractivity contribution is 0.0184. The number of amides is 2. The number of carbonyl (C=O) groups is 2. The fourth-order valence-corrected chi connectivity index (χ4v) is 4.98. The third-order valence-corrected chi connectivity index (χ3v) is 11.3. The van der Waals surface area contributed by atoms with Crippen LogP contribution in [-0.4, -0.2) is 57.2 Å². The largest absolute Gasteiger partial charge is 0.497 e. The third kappa shape index (κ3) is 10.8. The second-order valence-corrected chi connectivity index (χ2v) is 17.1. The van der Waals surface area contributed by atoms with E-state index < -0.39 is 20.0 Å². The van der Waals surface area contributed by atoms with E-state index in [1.807, 2.05) is 30.3 Å². The molecule has 2 aromatic rings. The van der Waals surface area contributed by atoms with Gasteiger partial charge in [0.2, 0.25) is 0 Å². The van der Waals surface area contributed by atoms with Crippen LogP contribution in [0.15, 0.2) is 54.6 Å². The van der Waals surface area contributed by atoms with E-state index in [4.69, 9.17) is 18.6 Å². The molecule has 0 bridgehead atoms. The van der Waals surface area contributed by atoms with Gasteiger partial charge in [0.15, 0.2) is 8.32 Å². The molecule has 0 aromatic heterocycles. The van der Waals surface area contributed by atoms with Gasteiger partial charge < -0.3 is 18.6 Å².